The van der Waals surface area contributed by atoms with E-state index < -0.39 is 18.6 Å². The number of halogens is 3. The molecule has 6 heteroatoms. The number of alkyl halides is 3. The van der Waals surface area contributed by atoms with Crippen molar-refractivity contribution in [1.82, 2.24) is 9.78 Å². The van der Waals surface area contributed by atoms with Crippen molar-refractivity contribution in [3.63, 3.8) is 0 Å². The lowest BCUT2D eigenvalue weighted by molar-refractivity contribution is -0.136. The van der Waals surface area contributed by atoms with Gasteiger partial charge in [-0.05, 0) is 13.8 Å². The second-order valence-electron chi connectivity index (χ2n) is 3.66. The summed E-state index contributed by atoms with van der Waals surface area (Å²) in [6, 6.07) is 1.05. The molecule has 0 aliphatic heterocycles. The molecule has 0 aliphatic carbocycles. The van der Waals surface area contributed by atoms with Crippen LogP contribution in [0.5, 0.6) is 0 Å². The van der Waals surface area contributed by atoms with Crippen LogP contribution in [0.4, 0.5) is 19.0 Å². The molecule has 0 saturated heterocycles. The van der Waals surface area contributed by atoms with Crippen molar-refractivity contribution >= 4 is 5.82 Å². The summed E-state index contributed by atoms with van der Waals surface area (Å²) in [5, 5.41) is 6.73. The Morgan fingerprint density at radius 3 is 2.53 bits per heavy atom. The van der Waals surface area contributed by atoms with Crippen molar-refractivity contribution in [2.24, 2.45) is 7.05 Å². The van der Waals surface area contributed by atoms with E-state index in [0.717, 1.165) is 5.69 Å². The van der Waals surface area contributed by atoms with Crippen LogP contribution in [0, 0.1) is 6.92 Å². The Balaban J connectivity index is 2.55. The molecule has 1 aromatic rings. The minimum Gasteiger partial charge on any atom is -0.366 e. The number of nitrogens with one attached hydrogen (secondary N) is 1. The molecular weight excluding hydrogens is 207 g/mol. The normalized spacial score (nSPS) is 14.0. The van der Waals surface area contributed by atoms with E-state index in [1.54, 1.807) is 17.8 Å². The van der Waals surface area contributed by atoms with Gasteiger partial charge in [-0.3, -0.25) is 4.68 Å². The average Bonchev–Trinajstić information content (AvgIpc) is 2.26. The molecule has 0 amide bonds. The Kier molecular flexibility index (Phi) is 3.26. The SMILES string of the molecule is Cc1cc(NC(C)CC(F)(F)F)nn1C. The Bertz CT molecular complexity index is 310. The molecule has 0 aromatic carbocycles. The maximum Gasteiger partial charge on any atom is 0.391 e. The summed E-state index contributed by atoms with van der Waals surface area (Å²) in [6.07, 6.45) is -5.00. The standard InChI is InChI=1S/C9H14F3N3/c1-6(5-9(10,11)12)13-8-4-7(2)15(3)14-8/h4,6H,5H2,1-3H3,(H,13,14). The number of hydrogen-bond acceptors (Lipinski definition) is 2. The molecular formula is C9H14F3N3. The van der Waals surface area contributed by atoms with Crippen LogP contribution in [0.25, 0.3) is 0 Å². The Morgan fingerprint density at radius 1 is 1.53 bits per heavy atom. The Hall–Kier alpha value is -1.20. The molecule has 0 radical (unpaired) electrons. The minimum absolute atomic E-state index is 0.478. The van der Waals surface area contributed by atoms with Gasteiger partial charge in [0, 0.05) is 24.8 Å². The summed E-state index contributed by atoms with van der Waals surface area (Å²) in [7, 11) is 1.74. The van der Waals surface area contributed by atoms with E-state index in [2.05, 4.69) is 10.4 Å². The molecule has 0 spiro atoms. The van der Waals surface area contributed by atoms with E-state index in [9.17, 15) is 13.2 Å². The van der Waals surface area contributed by atoms with E-state index in [-0.39, 0.29) is 0 Å². The molecule has 3 nitrogen and oxygen atoms in total. The Labute approximate surface area is 86.3 Å². The van der Waals surface area contributed by atoms with Gasteiger partial charge in [0.15, 0.2) is 0 Å². The van der Waals surface area contributed by atoms with Crippen molar-refractivity contribution in [2.45, 2.75) is 32.5 Å². The highest BCUT2D eigenvalue weighted by Gasteiger charge is 2.30. The predicted octanol–water partition coefficient (Wildman–Crippen LogP) is 2.48. The zero-order valence-electron chi connectivity index (χ0n) is 8.89. The average molecular weight is 221 g/mol. The van der Waals surface area contributed by atoms with E-state index >= 15 is 0 Å². The van der Waals surface area contributed by atoms with E-state index in [4.69, 9.17) is 0 Å². The molecule has 15 heavy (non-hydrogen) atoms. The minimum atomic E-state index is -4.14. The highest BCUT2D eigenvalue weighted by Crippen LogP contribution is 2.23. The van der Waals surface area contributed by atoms with Crippen LogP contribution in [0.1, 0.15) is 19.0 Å². The van der Waals surface area contributed by atoms with Crippen LogP contribution < -0.4 is 5.32 Å². The number of rotatable bonds is 3. The molecule has 0 bridgehead atoms. The molecule has 1 unspecified atom stereocenters. The van der Waals surface area contributed by atoms with Gasteiger partial charge in [-0.1, -0.05) is 0 Å². The lowest BCUT2D eigenvalue weighted by Gasteiger charge is -2.14. The summed E-state index contributed by atoms with van der Waals surface area (Å²) in [4.78, 5) is 0. The van der Waals surface area contributed by atoms with Crippen LogP contribution in [-0.2, 0) is 7.05 Å². The van der Waals surface area contributed by atoms with Gasteiger partial charge >= 0.3 is 6.18 Å². The maximum absolute atomic E-state index is 12.0. The topological polar surface area (TPSA) is 29.9 Å². The summed E-state index contributed by atoms with van der Waals surface area (Å²) < 4.78 is 37.7. The number of nitrogens with zero attached hydrogens (tertiary/aromatic N) is 2. The van der Waals surface area contributed by atoms with Gasteiger partial charge in [0.05, 0.1) is 6.42 Å². The molecule has 1 heterocycles. The summed E-state index contributed by atoms with van der Waals surface area (Å²) in [5.74, 6) is 0.478. The fourth-order valence-corrected chi connectivity index (χ4v) is 1.28. The number of anilines is 1. The smallest absolute Gasteiger partial charge is 0.366 e. The first kappa shape index (κ1) is 11.9. The van der Waals surface area contributed by atoms with E-state index in [1.165, 1.54) is 6.92 Å². The van der Waals surface area contributed by atoms with E-state index in [0.29, 0.717) is 5.82 Å². The van der Waals surface area contributed by atoms with Crippen LogP contribution in [-0.4, -0.2) is 22.0 Å². The number of aryl methyl sites for hydroxylation is 2. The van der Waals surface area contributed by atoms with Gasteiger partial charge in [0.25, 0.3) is 0 Å². The van der Waals surface area contributed by atoms with Crippen LogP contribution in [0.2, 0.25) is 0 Å². The predicted molar refractivity (Wildman–Crippen MR) is 51.7 cm³/mol. The van der Waals surface area contributed by atoms with Crippen molar-refractivity contribution in [3.8, 4) is 0 Å². The highest BCUT2D eigenvalue weighted by molar-refractivity contribution is 5.36. The van der Waals surface area contributed by atoms with Crippen LogP contribution in [0.3, 0.4) is 0 Å². The molecule has 1 N–H and O–H groups in total. The zero-order chi connectivity index (χ0) is 11.6. The maximum atomic E-state index is 12.0. The zero-order valence-corrected chi connectivity index (χ0v) is 8.89. The quantitative estimate of drug-likeness (QED) is 0.849. The first-order valence-electron chi connectivity index (χ1n) is 4.62. The molecule has 0 aliphatic rings. The third kappa shape index (κ3) is 3.81. The molecule has 86 valence electrons. The van der Waals surface area contributed by atoms with Crippen LogP contribution >= 0.6 is 0 Å². The molecule has 1 aromatic heterocycles. The molecule has 1 rings (SSSR count). The second-order valence-corrected chi connectivity index (χ2v) is 3.66. The van der Waals surface area contributed by atoms with Gasteiger partial charge < -0.3 is 5.32 Å². The fourth-order valence-electron chi connectivity index (χ4n) is 1.28. The van der Waals surface area contributed by atoms with Crippen molar-refractivity contribution in [1.29, 1.82) is 0 Å². The molecule has 0 saturated carbocycles. The largest absolute Gasteiger partial charge is 0.391 e. The van der Waals surface area contributed by atoms with Gasteiger partial charge in [-0.2, -0.15) is 18.3 Å². The van der Waals surface area contributed by atoms with Gasteiger partial charge in [0.1, 0.15) is 5.82 Å². The van der Waals surface area contributed by atoms with Gasteiger partial charge in [-0.15, -0.1) is 0 Å². The third-order valence-corrected chi connectivity index (χ3v) is 2.05. The first-order chi connectivity index (χ1) is 6.78. The fraction of sp³-hybridized carbons (Fsp3) is 0.667. The lowest BCUT2D eigenvalue weighted by Crippen LogP contribution is -2.24. The van der Waals surface area contributed by atoms with Gasteiger partial charge in [0.2, 0.25) is 0 Å². The van der Waals surface area contributed by atoms with Crippen LogP contribution in [0.15, 0.2) is 6.07 Å². The van der Waals surface area contributed by atoms with Gasteiger partial charge in [-0.25, -0.2) is 0 Å². The molecule has 1 atom stereocenters. The molecule has 0 fully saturated rings. The van der Waals surface area contributed by atoms with Crippen molar-refractivity contribution in [2.75, 3.05) is 5.32 Å². The summed E-state index contributed by atoms with van der Waals surface area (Å²) >= 11 is 0. The number of aromatic nitrogens is 2. The highest BCUT2D eigenvalue weighted by atomic mass is 19.4. The number of hydrogen-bond donors (Lipinski definition) is 1. The second kappa shape index (κ2) is 4.12. The van der Waals surface area contributed by atoms with E-state index in [1.807, 2.05) is 6.92 Å². The Morgan fingerprint density at radius 2 is 2.13 bits per heavy atom. The summed E-state index contributed by atoms with van der Waals surface area (Å²) in [5.41, 5.74) is 0.900. The lowest BCUT2D eigenvalue weighted by atomic mass is 10.2. The van der Waals surface area contributed by atoms with Crippen molar-refractivity contribution < 1.29 is 13.2 Å². The first-order valence-corrected chi connectivity index (χ1v) is 4.62. The monoisotopic (exact) mass is 221 g/mol. The summed E-state index contributed by atoms with van der Waals surface area (Å²) in [6.45, 7) is 3.32. The van der Waals surface area contributed by atoms with Crippen molar-refractivity contribution in [3.05, 3.63) is 11.8 Å². The third-order valence-electron chi connectivity index (χ3n) is 2.05.